The van der Waals surface area contributed by atoms with Crippen LogP contribution < -0.4 is 10.5 Å². The molecule has 0 spiro atoms. The Morgan fingerprint density at radius 3 is 2.88 bits per heavy atom. The number of nitrogens with two attached hydrogens (primary N) is 1. The largest absolute Gasteiger partial charge is 0.494 e. The summed E-state index contributed by atoms with van der Waals surface area (Å²) in [6.45, 7) is 4.95. The Balaban J connectivity index is 1.68. The molecule has 1 aliphatic heterocycles. The summed E-state index contributed by atoms with van der Waals surface area (Å²) in [5, 5.41) is 2.70. The Morgan fingerprint density at radius 2 is 2.21 bits per heavy atom. The molecule has 3 rings (SSSR count). The molecule has 0 radical (unpaired) electrons. The first-order valence-corrected chi connectivity index (χ1v) is 9.27. The maximum atomic E-state index is 12.5. The van der Waals surface area contributed by atoms with Gasteiger partial charge in [0.15, 0.2) is 0 Å². The van der Waals surface area contributed by atoms with Gasteiger partial charge in [0.25, 0.3) is 5.91 Å². The van der Waals surface area contributed by atoms with Crippen molar-refractivity contribution in [1.82, 2.24) is 9.88 Å². The van der Waals surface area contributed by atoms with Crippen molar-refractivity contribution < 1.29 is 9.53 Å². The van der Waals surface area contributed by atoms with Crippen molar-refractivity contribution in [2.24, 2.45) is 11.7 Å². The summed E-state index contributed by atoms with van der Waals surface area (Å²) in [4.78, 5) is 18.9. The van der Waals surface area contributed by atoms with E-state index >= 15 is 0 Å². The van der Waals surface area contributed by atoms with Crippen molar-refractivity contribution in [3.05, 3.63) is 35.3 Å². The Kier molecular flexibility index (Phi) is 5.48. The number of nitrogens with zero attached hydrogens (tertiary/aromatic N) is 2. The van der Waals surface area contributed by atoms with Crippen LogP contribution in [0, 0.1) is 5.92 Å². The Bertz CT molecular complexity index is 684. The lowest BCUT2D eigenvalue weighted by Crippen LogP contribution is -2.30. The van der Waals surface area contributed by atoms with Crippen molar-refractivity contribution in [3.8, 4) is 16.3 Å². The molecule has 1 unspecified atom stereocenters. The van der Waals surface area contributed by atoms with Crippen LogP contribution in [0.15, 0.2) is 29.6 Å². The van der Waals surface area contributed by atoms with Crippen LogP contribution in [0.4, 0.5) is 0 Å². The molecule has 1 aliphatic rings. The number of likely N-dealkylation sites (tertiary alicyclic amines) is 1. The highest BCUT2D eigenvalue weighted by atomic mass is 32.1. The number of ether oxygens (including phenoxy) is 1. The van der Waals surface area contributed by atoms with Crippen LogP contribution in [-0.2, 0) is 0 Å². The van der Waals surface area contributed by atoms with Crippen LogP contribution in [0.25, 0.3) is 10.6 Å². The predicted octanol–water partition coefficient (Wildman–Crippen LogP) is 3.02. The zero-order valence-electron chi connectivity index (χ0n) is 13.9. The molecule has 0 bridgehead atoms. The lowest BCUT2D eigenvalue weighted by atomic mass is 10.1. The molecule has 2 aromatic rings. The normalized spacial score (nSPS) is 17.2. The summed E-state index contributed by atoms with van der Waals surface area (Å²) >= 11 is 1.50. The van der Waals surface area contributed by atoms with Crippen LogP contribution in [0.5, 0.6) is 5.75 Å². The average molecular weight is 345 g/mol. The molecular formula is C18H23N3O2S. The molecule has 128 valence electrons. The van der Waals surface area contributed by atoms with Crippen molar-refractivity contribution in [2.45, 2.75) is 19.8 Å². The van der Waals surface area contributed by atoms with E-state index in [1.165, 1.54) is 11.3 Å². The molecule has 0 saturated carbocycles. The Morgan fingerprint density at radius 1 is 1.42 bits per heavy atom. The van der Waals surface area contributed by atoms with Gasteiger partial charge in [0, 0.05) is 24.0 Å². The molecule has 2 heterocycles. The maximum absolute atomic E-state index is 12.5. The number of carbonyl (C=O) groups is 1. The molecule has 1 aromatic heterocycles. The molecule has 1 fully saturated rings. The number of hydrogen-bond donors (Lipinski definition) is 1. The second-order valence-electron chi connectivity index (χ2n) is 6.05. The zero-order chi connectivity index (χ0) is 16.9. The van der Waals surface area contributed by atoms with Crippen LogP contribution in [0.3, 0.4) is 0 Å². The third-order valence-electron chi connectivity index (χ3n) is 4.20. The van der Waals surface area contributed by atoms with Gasteiger partial charge < -0.3 is 15.4 Å². The average Bonchev–Trinajstić information content (AvgIpc) is 3.29. The summed E-state index contributed by atoms with van der Waals surface area (Å²) in [5.74, 6) is 1.29. The fraction of sp³-hybridized carbons (Fsp3) is 0.444. The fourth-order valence-electron chi connectivity index (χ4n) is 2.79. The zero-order valence-corrected chi connectivity index (χ0v) is 14.7. The number of rotatable bonds is 6. The predicted molar refractivity (Wildman–Crippen MR) is 96.4 cm³/mol. The fourth-order valence-corrected chi connectivity index (χ4v) is 3.59. The van der Waals surface area contributed by atoms with Gasteiger partial charge in [-0.05, 0) is 49.6 Å². The molecule has 1 amide bonds. The van der Waals surface area contributed by atoms with E-state index in [1.54, 1.807) is 0 Å². The Hall–Kier alpha value is -1.92. The van der Waals surface area contributed by atoms with Gasteiger partial charge in [0.1, 0.15) is 16.5 Å². The summed E-state index contributed by atoms with van der Waals surface area (Å²) in [7, 11) is 0. The van der Waals surface area contributed by atoms with E-state index in [-0.39, 0.29) is 5.91 Å². The van der Waals surface area contributed by atoms with Gasteiger partial charge in [-0.2, -0.15) is 0 Å². The number of benzene rings is 1. The molecule has 6 heteroatoms. The van der Waals surface area contributed by atoms with Crippen LogP contribution in [0.1, 0.15) is 30.3 Å². The second kappa shape index (κ2) is 7.77. The molecule has 0 aliphatic carbocycles. The summed E-state index contributed by atoms with van der Waals surface area (Å²) in [6.07, 6.45) is 1.97. The SMILES string of the molecule is CCCOc1ccc(-c2nc(C(=O)N3CCC(CN)C3)cs2)cc1. The van der Waals surface area contributed by atoms with Gasteiger partial charge >= 0.3 is 0 Å². The van der Waals surface area contributed by atoms with E-state index < -0.39 is 0 Å². The second-order valence-corrected chi connectivity index (χ2v) is 6.91. The minimum atomic E-state index is 0.0105. The third-order valence-corrected chi connectivity index (χ3v) is 5.10. The lowest BCUT2D eigenvalue weighted by Gasteiger charge is -2.14. The van der Waals surface area contributed by atoms with Crippen LogP contribution in [0.2, 0.25) is 0 Å². The highest BCUT2D eigenvalue weighted by Crippen LogP contribution is 2.27. The van der Waals surface area contributed by atoms with E-state index in [9.17, 15) is 4.79 Å². The molecular weight excluding hydrogens is 322 g/mol. The first-order valence-electron chi connectivity index (χ1n) is 8.39. The van der Waals surface area contributed by atoms with Crippen molar-refractivity contribution in [3.63, 3.8) is 0 Å². The smallest absolute Gasteiger partial charge is 0.273 e. The number of carbonyl (C=O) groups excluding carboxylic acids is 1. The van der Waals surface area contributed by atoms with E-state index in [4.69, 9.17) is 10.5 Å². The summed E-state index contributed by atoms with van der Waals surface area (Å²) < 4.78 is 5.59. The monoisotopic (exact) mass is 345 g/mol. The van der Waals surface area contributed by atoms with Gasteiger partial charge in [-0.3, -0.25) is 4.79 Å². The van der Waals surface area contributed by atoms with Crippen LogP contribution in [-0.4, -0.2) is 42.0 Å². The third kappa shape index (κ3) is 3.76. The molecule has 1 aromatic carbocycles. The first kappa shape index (κ1) is 16.9. The number of thiazole rings is 1. The molecule has 5 nitrogen and oxygen atoms in total. The molecule has 1 atom stereocenters. The van der Waals surface area contributed by atoms with Crippen molar-refractivity contribution in [2.75, 3.05) is 26.2 Å². The minimum absolute atomic E-state index is 0.0105. The molecule has 2 N–H and O–H groups in total. The number of amides is 1. The maximum Gasteiger partial charge on any atom is 0.273 e. The summed E-state index contributed by atoms with van der Waals surface area (Å²) in [6, 6.07) is 7.86. The molecule has 24 heavy (non-hydrogen) atoms. The van der Waals surface area contributed by atoms with Gasteiger partial charge in [0.05, 0.1) is 6.61 Å². The van der Waals surface area contributed by atoms with Crippen molar-refractivity contribution >= 4 is 17.2 Å². The van der Waals surface area contributed by atoms with Gasteiger partial charge in [-0.1, -0.05) is 6.92 Å². The topological polar surface area (TPSA) is 68.5 Å². The van der Waals surface area contributed by atoms with E-state index in [0.29, 0.717) is 18.2 Å². The van der Waals surface area contributed by atoms with E-state index in [0.717, 1.165) is 48.9 Å². The van der Waals surface area contributed by atoms with Crippen LogP contribution >= 0.6 is 11.3 Å². The van der Waals surface area contributed by atoms with Crippen molar-refractivity contribution in [1.29, 1.82) is 0 Å². The van der Waals surface area contributed by atoms with Gasteiger partial charge in [0.2, 0.25) is 0 Å². The number of hydrogen-bond acceptors (Lipinski definition) is 5. The van der Waals surface area contributed by atoms with E-state index in [1.807, 2.05) is 34.5 Å². The van der Waals surface area contributed by atoms with E-state index in [2.05, 4.69) is 11.9 Å². The standard InChI is InChI=1S/C18H23N3O2S/c1-2-9-23-15-5-3-14(4-6-15)17-20-16(12-24-17)18(22)21-8-7-13(10-19)11-21/h3-6,12-13H,2,7-11,19H2,1H3. The first-order chi connectivity index (χ1) is 11.7. The lowest BCUT2D eigenvalue weighted by molar-refractivity contribution is 0.0782. The highest BCUT2D eigenvalue weighted by Gasteiger charge is 2.27. The number of aromatic nitrogens is 1. The minimum Gasteiger partial charge on any atom is -0.494 e. The van der Waals surface area contributed by atoms with Gasteiger partial charge in [-0.25, -0.2) is 4.98 Å². The Labute approximate surface area is 146 Å². The summed E-state index contributed by atoms with van der Waals surface area (Å²) in [5.41, 5.74) is 7.23. The highest BCUT2D eigenvalue weighted by molar-refractivity contribution is 7.13. The van der Waals surface area contributed by atoms with Gasteiger partial charge in [-0.15, -0.1) is 11.3 Å². The molecule has 1 saturated heterocycles. The quantitative estimate of drug-likeness (QED) is 0.874.